The second kappa shape index (κ2) is 7.66. The minimum absolute atomic E-state index is 0.101. The fraction of sp³-hybridized carbons (Fsp3) is 0.200. The van der Waals surface area contributed by atoms with Gasteiger partial charge in [0.15, 0.2) is 0 Å². The number of carboxylic acid groups (broad SMARTS) is 1. The second-order valence-corrected chi connectivity index (χ2v) is 7.19. The number of carbonyl (C=O) groups is 1. The Kier molecular flexibility index (Phi) is 5.32. The smallest absolute Gasteiger partial charge is 0.304 e. The van der Waals surface area contributed by atoms with Gasteiger partial charge in [-0.05, 0) is 42.3 Å². The summed E-state index contributed by atoms with van der Waals surface area (Å²) < 4.78 is 19.0. The molecule has 134 valence electrons. The lowest BCUT2D eigenvalue weighted by Gasteiger charge is -2.18. The van der Waals surface area contributed by atoms with Crippen molar-refractivity contribution in [3.8, 4) is 16.9 Å². The maximum absolute atomic E-state index is 13.6. The molecular formula is C20H18FNO3S. The van der Waals surface area contributed by atoms with Crippen LogP contribution in [-0.2, 0) is 4.79 Å². The molecule has 1 heterocycles. The topological polar surface area (TPSA) is 59.4 Å². The van der Waals surface area contributed by atoms with Crippen molar-refractivity contribution in [2.45, 2.75) is 19.3 Å². The lowest BCUT2D eigenvalue weighted by Crippen LogP contribution is -2.09. The van der Waals surface area contributed by atoms with Crippen molar-refractivity contribution < 1.29 is 19.0 Å². The molecule has 0 aliphatic heterocycles. The Labute approximate surface area is 154 Å². The van der Waals surface area contributed by atoms with Gasteiger partial charge in [0, 0.05) is 16.6 Å². The van der Waals surface area contributed by atoms with Gasteiger partial charge >= 0.3 is 5.97 Å². The number of carboxylic acids is 1. The van der Waals surface area contributed by atoms with Crippen molar-refractivity contribution in [2.75, 3.05) is 7.11 Å². The van der Waals surface area contributed by atoms with Crippen LogP contribution in [0.2, 0.25) is 0 Å². The number of thiazole rings is 1. The lowest BCUT2D eigenvalue weighted by molar-refractivity contribution is -0.137. The van der Waals surface area contributed by atoms with Gasteiger partial charge in [0.2, 0.25) is 0 Å². The van der Waals surface area contributed by atoms with Crippen LogP contribution in [0.5, 0.6) is 5.75 Å². The number of aliphatic carboxylic acids is 1. The molecule has 0 fully saturated rings. The van der Waals surface area contributed by atoms with E-state index >= 15 is 0 Å². The molecule has 3 aromatic rings. The normalized spacial score (nSPS) is 12.0. The zero-order chi connectivity index (χ0) is 18.7. The summed E-state index contributed by atoms with van der Waals surface area (Å²) in [5, 5.41) is 10.1. The van der Waals surface area contributed by atoms with E-state index in [-0.39, 0.29) is 12.2 Å². The molecule has 6 heteroatoms. The third-order valence-electron chi connectivity index (χ3n) is 4.08. The number of nitrogens with zero attached hydrogens (tertiary/aromatic N) is 1. The monoisotopic (exact) mass is 371 g/mol. The van der Waals surface area contributed by atoms with Crippen LogP contribution < -0.4 is 4.74 Å². The Morgan fingerprint density at radius 3 is 2.65 bits per heavy atom. The highest BCUT2D eigenvalue weighted by Crippen LogP contribution is 2.38. The first-order valence-electron chi connectivity index (χ1n) is 8.06. The molecule has 1 unspecified atom stereocenters. The summed E-state index contributed by atoms with van der Waals surface area (Å²) >= 11 is 1.47. The number of aryl methyl sites for hydroxylation is 1. The van der Waals surface area contributed by atoms with Gasteiger partial charge in [0.1, 0.15) is 16.6 Å². The molecule has 0 aliphatic carbocycles. The summed E-state index contributed by atoms with van der Waals surface area (Å²) in [6.07, 6.45) is 1.63. The van der Waals surface area contributed by atoms with Gasteiger partial charge in [-0.1, -0.05) is 18.2 Å². The number of hydrogen-bond acceptors (Lipinski definition) is 4. The zero-order valence-electron chi connectivity index (χ0n) is 14.4. The minimum Gasteiger partial charge on any atom is -0.496 e. The molecule has 0 radical (unpaired) electrons. The van der Waals surface area contributed by atoms with Gasteiger partial charge in [-0.25, -0.2) is 9.37 Å². The van der Waals surface area contributed by atoms with Crippen LogP contribution in [0.25, 0.3) is 11.1 Å². The van der Waals surface area contributed by atoms with Crippen LogP contribution in [0.3, 0.4) is 0 Å². The van der Waals surface area contributed by atoms with Crippen molar-refractivity contribution in [1.82, 2.24) is 4.98 Å². The van der Waals surface area contributed by atoms with E-state index in [2.05, 4.69) is 4.98 Å². The zero-order valence-corrected chi connectivity index (χ0v) is 15.2. The summed E-state index contributed by atoms with van der Waals surface area (Å²) in [5.41, 5.74) is 2.24. The number of benzene rings is 2. The molecule has 1 N–H and O–H groups in total. The van der Waals surface area contributed by atoms with Crippen LogP contribution >= 0.6 is 11.3 Å². The van der Waals surface area contributed by atoms with E-state index in [1.807, 2.05) is 25.1 Å². The number of rotatable bonds is 6. The van der Waals surface area contributed by atoms with Crippen LogP contribution in [0.15, 0.2) is 48.7 Å². The third-order valence-corrected chi connectivity index (χ3v) is 5.11. The van der Waals surface area contributed by atoms with Crippen LogP contribution in [0.1, 0.15) is 27.8 Å². The standard InChI is InChI=1S/C20H18FNO3S/c1-12-11-22-20(26-12)17(10-19(23)24)16-9-14(6-7-18(16)25-2)13-4-3-5-15(21)8-13/h3-9,11,17H,10H2,1-2H3,(H,23,24). The van der Waals surface area contributed by atoms with Crippen LogP contribution in [-0.4, -0.2) is 23.2 Å². The summed E-state index contributed by atoms with van der Waals surface area (Å²) in [4.78, 5) is 16.8. The van der Waals surface area contributed by atoms with Gasteiger partial charge in [0.25, 0.3) is 0 Å². The largest absolute Gasteiger partial charge is 0.496 e. The van der Waals surface area contributed by atoms with Gasteiger partial charge in [-0.3, -0.25) is 4.79 Å². The minimum atomic E-state index is -0.916. The van der Waals surface area contributed by atoms with E-state index in [1.165, 1.54) is 23.5 Å². The molecule has 0 amide bonds. The number of halogens is 1. The maximum Gasteiger partial charge on any atom is 0.304 e. The molecule has 26 heavy (non-hydrogen) atoms. The van der Waals surface area contributed by atoms with E-state index in [0.717, 1.165) is 26.6 Å². The average molecular weight is 371 g/mol. The number of hydrogen-bond donors (Lipinski definition) is 1. The first kappa shape index (κ1) is 18.1. The summed E-state index contributed by atoms with van der Waals surface area (Å²) in [6, 6.07) is 11.8. The molecule has 0 bridgehead atoms. The molecule has 0 spiro atoms. The SMILES string of the molecule is COc1ccc(-c2cccc(F)c2)cc1C(CC(=O)O)c1ncc(C)s1. The first-order valence-corrected chi connectivity index (χ1v) is 8.87. The van der Waals surface area contributed by atoms with E-state index in [1.54, 1.807) is 25.4 Å². The predicted octanol–water partition coefficient (Wildman–Crippen LogP) is 4.87. The van der Waals surface area contributed by atoms with Crippen molar-refractivity contribution >= 4 is 17.3 Å². The summed E-state index contributed by atoms with van der Waals surface area (Å²) in [5.74, 6) is -1.09. The van der Waals surface area contributed by atoms with Gasteiger partial charge in [-0.15, -0.1) is 11.3 Å². The van der Waals surface area contributed by atoms with E-state index < -0.39 is 11.9 Å². The Hall–Kier alpha value is -2.73. The van der Waals surface area contributed by atoms with Crippen molar-refractivity contribution in [3.63, 3.8) is 0 Å². The molecule has 3 rings (SSSR count). The van der Waals surface area contributed by atoms with Crippen molar-refractivity contribution in [3.05, 3.63) is 69.9 Å². The summed E-state index contributed by atoms with van der Waals surface area (Å²) in [7, 11) is 1.55. The molecule has 2 aromatic carbocycles. The van der Waals surface area contributed by atoms with Gasteiger partial charge in [-0.2, -0.15) is 0 Å². The van der Waals surface area contributed by atoms with Crippen molar-refractivity contribution in [1.29, 1.82) is 0 Å². The average Bonchev–Trinajstić information content (AvgIpc) is 3.05. The maximum atomic E-state index is 13.6. The first-order chi connectivity index (χ1) is 12.5. The van der Waals surface area contributed by atoms with Crippen LogP contribution in [0, 0.1) is 12.7 Å². The highest BCUT2D eigenvalue weighted by Gasteiger charge is 2.24. The van der Waals surface area contributed by atoms with Crippen molar-refractivity contribution in [2.24, 2.45) is 0 Å². The molecule has 1 aromatic heterocycles. The number of methoxy groups -OCH3 is 1. The molecule has 0 aliphatic rings. The Bertz CT molecular complexity index is 938. The Morgan fingerprint density at radius 1 is 1.27 bits per heavy atom. The quantitative estimate of drug-likeness (QED) is 0.671. The highest BCUT2D eigenvalue weighted by molar-refractivity contribution is 7.11. The Balaban J connectivity index is 2.12. The second-order valence-electron chi connectivity index (χ2n) is 5.93. The van der Waals surface area contributed by atoms with E-state index in [0.29, 0.717) is 5.75 Å². The molecule has 0 saturated heterocycles. The lowest BCUT2D eigenvalue weighted by atomic mass is 9.92. The fourth-order valence-electron chi connectivity index (χ4n) is 2.89. The van der Waals surface area contributed by atoms with Crippen LogP contribution in [0.4, 0.5) is 4.39 Å². The number of aromatic nitrogens is 1. The fourth-order valence-corrected chi connectivity index (χ4v) is 3.79. The molecule has 0 saturated carbocycles. The molecular weight excluding hydrogens is 353 g/mol. The third kappa shape index (κ3) is 3.91. The van der Waals surface area contributed by atoms with E-state index in [4.69, 9.17) is 4.74 Å². The van der Waals surface area contributed by atoms with E-state index in [9.17, 15) is 14.3 Å². The van der Waals surface area contributed by atoms with Gasteiger partial charge < -0.3 is 9.84 Å². The Morgan fingerprint density at radius 2 is 2.04 bits per heavy atom. The molecule has 4 nitrogen and oxygen atoms in total. The predicted molar refractivity (Wildman–Crippen MR) is 99.3 cm³/mol. The number of ether oxygens (including phenoxy) is 1. The molecule has 1 atom stereocenters. The summed E-state index contributed by atoms with van der Waals surface area (Å²) in [6.45, 7) is 1.93. The van der Waals surface area contributed by atoms with Gasteiger partial charge in [0.05, 0.1) is 19.4 Å². The highest BCUT2D eigenvalue weighted by atomic mass is 32.1.